The SMILES string of the molecule is ClC1=CC=C(c2cc(Br)c3[nH]c4ccccc4c3c2)CC1Cl. The molecule has 0 saturated carbocycles. The second-order valence-corrected chi connectivity index (χ2v) is 7.28. The minimum Gasteiger partial charge on any atom is -0.354 e. The lowest BCUT2D eigenvalue weighted by Crippen LogP contribution is -2.04. The van der Waals surface area contributed by atoms with Gasteiger partial charge in [0.1, 0.15) is 0 Å². The predicted octanol–water partition coefficient (Wildman–Crippen LogP) is 6.60. The van der Waals surface area contributed by atoms with Gasteiger partial charge in [0.2, 0.25) is 0 Å². The number of alkyl halides is 1. The topological polar surface area (TPSA) is 15.8 Å². The first-order valence-corrected chi connectivity index (χ1v) is 8.65. The molecule has 22 heavy (non-hydrogen) atoms. The summed E-state index contributed by atoms with van der Waals surface area (Å²) in [6.07, 6.45) is 4.70. The number of aromatic amines is 1. The van der Waals surface area contributed by atoms with E-state index in [0.29, 0.717) is 5.03 Å². The molecule has 4 heteroatoms. The summed E-state index contributed by atoms with van der Waals surface area (Å²) in [5.41, 5.74) is 4.65. The fraction of sp³-hybridized carbons (Fsp3) is 0.111. The number of nitrogens with one attached hydrogen (secondary N) is 1. The number of para-hydroxylation sites is 1. The Labute approximate surface area is 146 Å². The molecule has 1 unspecified atom stereocenters. The van der Waals surface area contributed by atoms with Crippen LogP contribution in [0.5, 0.6) is 0 Å². The molecular formula is C18H12BrCl2N. The summed E-state index contributed by atoms with van der Waals surface area (Å²) in [5, 5.41) is 3.01. The molecule has 0 amide bonds. The molecule has 1 nitrogen and oxygen atoms in total. The highest BCUT2D eigenvalue weighted by atomic mass is 79.9. The molecule has 1 aromatic heterocycles. The zero-order chi connectivity index (χ0) is 15.3. The van der Waals surface area contributed by atoms with E-state index in [2.05, 4.69) is 57.3 Å². The number of rotatable bonds is 1. The van der Waals surface area contributed by atoms with E-state index < -0.39 is 0 Å². The van der Waals surface area contributed by atoms with E-state index in [9.17, 15) is 0 Å². The quantitative estimate of drug-likeness (QED) is 0.449. The monoisotopic (exact) mass is 391 g/mol. The van der Waals surface area contributed by atoms with Crippen molar-refractivity contribution in [2.45, 2.75) is 11.8 Å². The predicted molar refractivity (Wildman–Crippen MR) is 99.7 cm³/mol. The Hall–Kier alpha value is -1.22. The van der Waals surface area contributed by atoms with Gasteiger partial charge >= 0.3 is 0 Å². The molecule has 0 spiro atoms. The fourth-order valence-electron chi connectivity index (χ4n) is 2.95. The van der Waals surface area contributed by atoms with Gasteiger partial charge in [0.05, 0.1) is 10.9 Å². The molecule has 0 bridgehead atoms. The van der Waals surface area contributed by atoms with Crippen LogP contribution in [0.25, 0.3) is 27.4 Å². The van der Waals surface area contributed by atoms with Crippen LogP contribution in [0.3, 0.4) is 0 Å². The van der Waals surface area contributed by atoms with Gasteiger partial charge in [-0.05, 0) is 57.8 Å². The van der Waals surface area contributed by atoms with E-state index >= 15 is 0 Å². The molecule has 4 rings (SSSR count). The molecule has 110 valence electrons. The summed E-state index contributed by atoms with van der Waals surface area (Å²) in [7, 11) is 0. The van der Waals surface area contributed by atoms with Crippen molar-refractivity contribution >= 4 is 66.5 Å². The largest absolute Gasteiger partial charge is 0.354 e. The van der Waals surface area contributed by atoms with Crippen LogP contribution in [-0.4, -0.2) is 10.4 Å². The number of aromatic nitrogens is 1. The third-order valence-corrected chi connectivity index (χ3v) is 5.60. The van der Waals surface area contributed by atoms with Gasteiger partial charge in [-0.15, -0.1) is 11.6 Å². The lowest BCUT2D eigenvalue weighted by Gasteiger charge is -2.17. The van der Waals surface area contributed by atoms with Gasteiger partial charge in [-0.1, -0.05) is 35.9 Å². The summed E-state index contributed by atoms with van der Waals surface area (Å²) in [6, 6.07) is 12.7. The highest BCUT2D eigenvalue weighted by Gasteiger charge is 2.18. The van der Waals surface area contributed by atoms with Gasteiger partial charge in [-0.3, -0.25) is 0 Å². The lowest BCUT2D eigenvalue weighted by molar-refractivity contribution is 1.04. The summed E-state index contributed by atoms with van der Waals surface area (Å²) in [5.74, 6) is 0. The number of H-pyrrole nitrogens is 1. The van der Waals surface area contributed by atoms with Crippen molar-refractivity contribution in [2.24, 2.45) is 0 Å². The van der Waals surface area contributed by atoms with E-state index in [1.807, 2.05) is 12.1 Å². The Morgan fingerprint density at radius 2 is 1.91 bits per heavy atom. The maximum absolute atomic E-state index is 6.28. The number of halogens is 3. The van der Waals surface area contributed by atoms with E-state index in [1.165, 1.54) is 21.9 Å². The maximum atomic E-state index is 6.28. The van der Waals surface area contributed by atoms with Gasteiger partial charge in [-0.25, -0.2) is 0 Å². The highest BCUT2D eigenvalue weighted by Crippen LogP contribution is 2.37. The molecule has 0 fully saturated rings. The Balaban J connectivity index is 1.95. The molecule has 3 aromatic rings. The van der Waals surface area contributed by atoms with Gasteiger partial charge in [0, 0.05) is 25.8 Å². The molecule has 1 aliphatic carbocycles. The van der Waals surface area contributed by atoms with Crippen LogP contribution < -0.4 is 0 Å². The lowest BCUT2D eigenvalue weighted by atomic mass is 9.95. The van der Waals surface area contributed by atoms with E-state index in [4.69, 9.17) is 23.2 Å². The summed E-state index contributed by atoms with van der Waals surface area (Å²) in [4.78, 5) is 3.47. The van der Waals surface area contributed by atoms with Gasteiger partial charge in [0.25, 0.3) is 0 Å². The zero-order valence-electron chi connectivity index (χ0n) is 11.5. The van der Waals surface area contributed by atoms with Crippen molar-refractivity contribution in [3.63, 3.8) is 0 Å². The number of hydrogen-bond acceptors (Lipinski definition) is 0. The Morgan fingerprint density at radius 1 is 1.09 bits per heavy atom. The first kappa shape index (κ1) is 14.4. The van der Waals surface area contributed by atoms with E-state index in [1.54, 1.807) is 0 Å². The van der Waals surface area contributed by atoms with Crippen molar-refractivity contribution in [2.75, 3.05) is 0 Å². The second kappa shape index (κ2) is 5.45. The first-order chi connectivity index (χ1) is 10.6. The Kier molecular flexibility index (Phi) is 3.56. The summed E-state index contributed by atoms with van der Waals surface area (Å²) < 4.78 is 1.06. The smallest absolute Gasteiger partial charge is 0.0732 e. The number of allylic oxidation sites excluding steroid dienone is 4. The molecule has 0 radical (unpaired) electrons. The van der Waals surface area contributed by atoms with Crippen LogP contribution in [0, 0.1) is 0 Å². The van der Waals surface area contributed by atoms with Gasteiger partial charge in [-0.2, -0.15) is 0 Å². The van der Waals surface area contributed by atoms with Crippen LogP contribution >= 0.6 is 39.1 Å². The zero-order valence-corrected chi connectivity index (χ0v) is 14.6. The summed E-state index contributed by atoms with van der Waals surface area (Å²) in [6.45, 7) is 0. The molecule has 0 saturated heterocycles. The summed E-state index contributed by atoms with van der Waals surface area (Å²) >= 11 is 16.0. The number of fused-ring (bicyclic) bond motifs is 3. The number of benzene rings is 2. The van der Waals surface area contributed by atoms with Crippen molar-refractivity contribution < 1.29 is 0 Å². The van der Waals surface area contributed by atoms with Crippen LogP contribution in [0.2, 0.25) is 0 Å². The fourth-order valence-corrected chi connectivity index (χ4v) is 3.89. The molecule has 1 atom stereocenters. The van der Waals surface area contributed by atoms with Crippen LogP contribution in [-0.2, 0) is 0 Å². The molecule has 1 N–H and O–H groups in total. The average Bonchev–Trinajstić information content (AvgIpc) is 2.89. The van der Waals surface area contributed by atoms with Crippen LogP contribution in [0.4, 0.5) is 0 Å². The third kappa shape index (κ3) is 2.30. The van der Waals surface area contributed by atoms with Gasteiger partial charge < -0.3 is 4.98 Å². The van der Waals surface area contributed by atoms with E-state index in [-0.39, 0.29) is 5.38 Å². The molecule has 2 aromatic carbocycles. The standard InChI is InChI=1S/C18H12BrCl2N/c19-14-8-11(10-5-6-15(20)16(21)9-10)7-13-12-3-1-2-4-17(12)22-18(13)14/h1-8,16,22H,9H2. The molecule has 1 heterocycles. The highest BCUT2D eigenvalue weighted by molar-refractivity contribution is 9.10. The Morgan fingerprint density at radius 3 is 2.73 bits per heavy atom. The van der Waals surface area contributed by atoms with Crippen molar-refractivity contribution in [3.05, 3.63) is 63.6 Å². The Bertz CT molecular complexity index is 952. The van der Waals surface area contributed by atoms with Crippen LogP contribution in [0.15, 0.2) is 58.1 Å². The maximum Gasteiger partial charge on any atom is 0.0732 e. The van der Waals surface area contributed by atoms with Gasteiger partial charge in [0.15, 0.2) is 0 Å². The molecular weight excluding hydrogens is 381 g/mol. The van der Waals surface area contributed by atoms with Crippen molar-refractivity contribution in [1.29, 1.82) is 0 Å². The van der Waals surface area contributed by atoms with E-state index in [0.717, 1.165) is 21.9 Å². The number of hydrogen-bond donors (Lipinski definition) is 1. The van der Waals surface area contributed by atoms with Crippen molar-refractivity contribution in [1.82, 2.24) is 4.98 Å². The minimum atomic E-state index is -0.140. The third-order valence-electron chi connectivity index (χ3n) is 4.08. The van der Waals surface area contributed by atoms with Crippen molar-refractivity contribution in [3.8, 4) is 0 Å². The second-order valence-electron chi connectivity index (χ2n) is 5.47. The average molecular weight is 393 g/mol. The molecule has 1 aliphatic rings. The normalized spacial score (nSPS) is 18.6. The van der Waals surface area contributed by atoms with Crippen LogP contribution in [0.1, 0.15) is 12.0 Å². The first-order valence-electron chi connectivity index (χ1n) is 7.04. The molecule has 0 aliphatic heterocycles. The minimum absolute atomic E-state index is 0.140.